The number of halogens is 1. The van der Waals surface area contributed by atoms with Gasteiger partial charge in [0.2, 0.25) is 0 Å². The van der Waals surface area contributed by atoms with Gasteiger partial charge in [0.15, 0.2) is 0 Å². The molecule has 2 rings (SSSR count). The van der Waals surface area contributed by atoms with E-state index >= 15 is 0 Å². The van der Waals surface area contributed by atoms with Gasteiger partial charge in [-0.3, -0.25) is 0 Å². The minimum Gasteiger partial charge on any atom is -0.307 e. The fourth-order valence-corrected chi connectivity index (χ4v) is 1.59. The summed E-state index contributed by atoms with van der Waals surface area (Å²) in [6, 6.07) is 4.13. The molecule has 0 fully saturated rings. The molecule has 0 radical (unpaired) electrons. The van der Waals surface area contributed by atoms with E-state index in [1.54, 1.807) is 0 Å². The van der Waals surface area contributed by atoms with Gasteiger partial charge in [0.25, 0.3) is 0 Å². The van der Waals surface area contributed by atoms with E-state index in [0.717, 1.165) is 15.8 Å². The Morgan fingerprint density at radius 1 is 1.42 bits per heavy atom. The van der Waals surface area contributed by atoms with Gasteiger partial charge in [-0.1, -0.05) is 28.7 Å². The number of rotatable bonds is 1. The maximum atomic E-state index is 4.43. The second kappa shape index (κ2) is 3.05. The molecule has 2 heterocycles. The van der Waals surface area contributed by atoms with Crippen LogP contribution in [-0.2, 0) is 4.43 Å². The van der Waals surface area contributed by atoms with Crippen molar-refractivity contribution in [3.8, 4) is 0 Å². The third-order valence-electron chi connectivity index (χ3n) is 1.79. The highest BCUT2D eigenvalue weighted by atomic mass is 127. The van der Waals surface area contributed by atoms with Crippen molar-refractivity contribution in [2.45, 2.75) is 11.4 Å². The summed E-state index contributed by atoms with van der Waals surface area (Å²) in [5.41, 5.74) is 3.44. The van der Waals surface area contributed by atoms with Gasteiger partial charge in [-0.05, 0) is 18.6 Å². The molecule has 2 nitrogen and oxygen atoms in total. The minimum absolute atomic E-state index is 0.971. The lowest BCUT2D eigenvalue weighted by atomic mass is 10.3. The maximum absolute atomic E-state index is 4.43. The first-order valence-electron chi connectivity index (χ1n) is 3.80. The van der Waals surface area contributed by atoms with E-state index in [-0.39, 0.29) is 0 Å². The lowest BCUT2D eigenvalue weighted by Gasteiger charge is -1.92. The van der Waals surface area contributed by atoms with Crippen LogP contribution in [0.15, 0.2) is 24.5 Å². The number of hydrogen-bond acceptors (Lipinski definition) is 1. The summed E-state index contributed by atoms with van der Waals surface area (Å²) in [5, 5.41) is 0. The van der Waals surface area contributed by atoms with Crippen molar-refractivity contribution < 1.29 is 0 Å². The standard InChI is InChI=1S/C9H9IN2/c1-7-2-3-9-11-8(4-10)6-12(9)5-7/h2-3,5-6H,4H2,1H3. The van der Waals surface area contributed by atoms with E-state index < -0.39 is 0 Å². The van der Waals surface area contributed by atoms with Crippen molar-refractivity contribution >= 4 is 28.2 Å². The van der Waals surface area contributed by atoms with E-state index in [0.29, 0.717) is 0 Å². The van der Waals surface area contributed by atoms with Crippen LogP contribution in [0.3, 0.4) is 0 Å². The summed E-state index contributed by atoms with van der Waals surface area (Å²) in [4.78, 5) is 4.43. The molecule has 2 aromatic rings. The Morgan fingerprint density at radius 3 is 3.00 bits per heavy atom. The quantitative estimate of drug-likeness (QED) is 0.576. The van der Waals surface area contributed by atoms with Crippen molar-refractivity contribution in [3.63, 3.8) is 0 Å². The molecule has 0 unspecified atom stereocenters. The fraction of sp³-hybridized carbons (Fsp3) is 0.222. The van der Waals surface area contributed by atoms with Crippen LogP contribution in [-0.4, -0.2) is 9.38 Å². The Bertz CT molecular complexity index is 406. The fourth-order valence-electron chi connectivity index (χ4n) is 1.22. The van der Waals surface area contributed by atoms with Crippen molar-refractivity contribution in [2.24, 2.45) is 0 Å². The van der Waals surface area contributed by atoms with Gasteiger partial charge in [0.1, 0.15) is 5.65 Å². The summed E-state index contributed by atoms with van der Waals surface area (Å²) in [5.74, 6) is 0. The summed E-state index contributed by atoms with van der Waals surface area (Å²) < 4.78 is 3.04. The number of alkyl halides is 1. The summed E-state index contributed by atoms with van der Waals surface area (Å²) in [7, 11) is 0. The maximum Gasteiger partial charge on any atom is 0.137 e. The van der Waals surface area contributed by atoms with E-state index in [9.17, 15) is 0 Å². The van der Waals surface area contributed by atoms with Crippen LogP contribution in [0, 0.1) is 6.92 Å². The Kier molecular flexibility index (Phi) is 2.04. The molecular weight excluding hydrogens is 263 g/mol. The molecule has 0 saturated carbocycles. The molecule has 0 saturated heterocycles. The van der Waals surface area contributed by atoms with Gasteiger partial charge >= 0.3 is 0 Å². The van der Waals surface area contributed by atoms with E-state index in [1.165, 1.54) is 5.56 Å². The number of hydrogen-bond donors (Lipinski definition) is 0. The molecule has 0 spiro atoms. The number of pyridine rings is 1. The molecule has 0 aromatic carbocycles. The van der Waals surface area contributed by atoms with Crippen molar-refractivity contribution in [2.75, 3.05) is 0 Å². The highest BCUT2D eigenvalue weighted by molar-refractivity contribution is 14.1. The molecule has 0 bridgehead atoms. The average molecular weight is 272 g/mol. The third kappa shape index (κ3) is 1.33. The molecule has 0 aliphatic heterocycles. The Hall–Kier alpha value is -0.580. The topological polar surface area (TPSA) is 17.3 Å². The van der Waals surface area contributed by atoms with Gasteiger partial charge in [-0.15, -0.1) is 0 Å². The molecule has 3 heteroatoms. The summed E-state index contributed by atoms with van der Waals surface area (Å²) in [6.07, 6.45) is 4.17. The zero-order valence-electron chi connectivity index (χ0n) is 6.79. The molecule has 0 atom stereocenters. The molecule has 2 aromatic heterocycles. The highest BCUT2D eigenvalue weighted by Gasteiger charge is 1.98. The van der Waals surface area contributed by atoms with Crippen LogP contribution in [0.2, 0.25) is 0 Å². The van der Waals surface area contributed by atoms with Gasteiger partial charge in [0.05, 0.1) is 5.69 Å². The van der Waals surface area contributed by atoms with Crippen molar-refractivity contribution in [3.05, 3.63) is 35.8 Å². The second-order valence-corrected chi connectivity index (χ2v) is 3.60. The van der Waals surface area contributed by atoms with Crippen LogP contribution >= 0.6 is 22.6 Å². The normalized spacial score (nSPS) is 10.8. The molecule has 12 heavy (non-hydrogen) atoms. The van der Waals surface area contributed by atoms with Gasteiger partial charge in [-0.2, -0.15) is 0 Å². The lowest BCUT2D eigenvalue weighted by Crippen LogP contribution is -1.82. The van der Waals surface area contributed by atoms with Gasteiger partial charge in [0, 0.05) is 16.8 Å². The third-order valence-corrected chi connectivity index (χ3v) is 2.57. The Balaban J connectivity index is 2.67. The number of fused-ring (bicyclic) bond motifs is 1. The number of aryl methyl sites for hydroxylation is 1. The van der Waals surface area contributed by atoms with Crippen LogP contribution in [0.5, 0.6) is 0 Å². The summed E-state index contributed by atoms with van der Waals surface area (Å²) in [6.45, 7) is 2.09. The first kappa shape index (κ1) is 8.04. The van der Waals surface area contributed by atoms with Crippen LogP contribution in [0.1, 0.15) is 11.3 Å². The number of nitrogens with zero attached hydrogens (tertiary/aromatic N) is 2. The second-order valence-electron chi connectivity index (χ2n) is 2.84. The molecule has 0 N–H and O–H groups in total. The van der Waals surface area contributed by atoms with E-state index in [1.807, 2.05) is 6.07 Å². The van der Waals surface area contributed by atoms with Crippen LogP contribution in [0.25, 0.3) is 5.65 Å². The van der Waals surface area contributed by atoms with Gasteiger partial charge in [-0.25, -0.2) is 4.98 Å². The first-order chi connectivity index (χ1) is 5.79. The molecule has 0 aliphatic rings. The van der Waals surface area contributed by atoms with Crippen molar-refractivity contribution in [1.82, 2.24) is 9.38 Å². The first-order valence-corrected chi connectivity index (χ1v) is 5.32. The predicted octanol–water partition coefficient (Wildman–Crippen LogP) is 2.58. The van der Waals surface area contributed by atoms with E-state index in [4.69, 9.17) is 0 Å². The van der Waals surface area contributed by atoms with Crippen LogP contribution < -0.4 is 0 Å². The number of aromatic nitrogens is 2. The largest absolute Gasteiger partial charge is 0.307 e. The zero-order chi connectivity index (χ0) is 8.55. The SMILES string of the molecule is Cc1ccc2nc(CI)cn2c1. The Morgan fingerprint density at radius 2 is 2.25 bits per heavy atom. The molecular formula is C9H9IN2. The Labute approximate surface area is 84.8 Å². The molecule has 0 amide bonds. The molecule has 0 aliphatic carbocycles. The lowest BCUT2D eigenvalue weighted by molar-refractivity contribution is 1.15. The number of imidazole rings is 1. The highest BCUT2D eigenvalue weighted by Crippen LogP contribution is 2.09. The van der Waals surface area contributed by atoms with Crippen molar-refractivity contribution in [1.29, 1.82) is 0 Å². The predicted molar refractivity (Wildman–Crippen MR) is 57.7 cm³/mol. The monoisotopic (exact) mass is 272 g/mol. The van der Waals surface area contributed by atoms with Crippen LogP contribution in [0.4, 0.5) is 0 Å². The minimum atomic E-state index is 0.971. The smallest absolute Gasteiger partial charge is 0.137 e. The van der Waals surface area contributed by atoms with Gasteiger partial charge < -0.3 is 4.40 Å². The molecule has 62 valence electrons. The average Bonchev–Trinajstić information content (AvgIpc) is 2.46. The van der Waals surface area contributed by atoms with E-state index in [2.05, 4.69) is 57.4 Å². The zero-order valence-corrected chi connectivity index (χ0v) is 8.95. The summed E-state index contributed by atoms with van der Waals surface area (Å²) >= 11 is 2.32.